The molecular weight excluding hydrogens is 298 g/mol. The van der Waals surface area contributed by atoms with E-state index in [0.29, 0.717) is 0 Å². The van der Waals surface area contributed by atoms with Crippen molar-refractivity contribution in [1.29, 1.82) is 0 Å². The first-order valence-electron chi connectivity index (χ1n) is 8.33. The lowest BCUT2D eigenvalue weighted by Crippen LogP contribution is -2.45. The number of hydrogen-bond acceptors (Lipinski definition) is 5. The van der Waals surface area contributed by atoms with E-state index in [1.165, 1.54) is 0 Å². The van der Waals surface area contributed by atoms with E-state index >= 15 is 0 Å². The second-order valence-electron chi connectivity index (χ2n) is 6.39. The highest BCUT2D eigenvalue weighted by molar-refractivity contribution is 5.93. The van der Waals surface area contributed by atoms with Crippen molar-refractivity contribution < 1.29 is 0 Å². The number of piperazine rings is 1. The van der Waals surface area contributed by atoms with E-state index in [-0.39, 0.29) is 0 Å². The Labute approximate surface area is 142 Å². The highest BCUT2D eigenvalue weighted by Gasteiger charge is 2.16. The second kappa shape index (κ2) is 6.17. The van der Waals surface area contributed by atoms with Gasteiger partial charge in [0.25, 0.3) is 0 Å². The zero-order chi connectivity index (χ0) is 16.5. The van der Waals surface area contributed by atoms with E-state index in [0.717, 1.165) is 59.9 Å². The summed E-state index contributed by atoms with van der Waals surface area (Å²) >= 11 is 0. The molecule has 3 heterocycles. The monoisotopic (exact) mass is 319 g/mol. The molecule has 0 atom stereocenters. The fourth-order valence-electron chi connectivity index (χ4n) is 3.11. The number of pyridine rings is 1. The highest BCUT2D eigenvalue weighted by atomic mass is 15.3. The predicted octanol–water partition coefficient (Wildman–Crippen LogP) is 2.75. The summed E-state index contributed by atoms with van der Waals surface area (Å²) < 4.78 is 0. The Kier molecular flexibility index (Phi) is 3.86. The smallest absolute Gasteiger partial charge is 0.225 e. The number of fused-ring (bicyclic) bond motifs is 1. The van der Waals surface area contributed by atoms with Gasteiger partial charge in [-0.1, -0.05) is 24.3 Å². The van der Waals surface area contributed by atoms with Gasteiger partial charge in [0.1, 0.15) is 0 Å². The maximum Gasteiger partial charge on any atom is 0.225 e. The molecule has 0 aliphatic carbocycles. The zero-order valence-electron chi connectivity index (χ0n) is 14.1. The molecule has 0 saturated carbocycles. The van der Waals surface area contributed by atoms with Crippen LogP contribution in [0.4, 0.5) is 5.95 Å². The molecule has 5 nitrogen and oxygen atoms in total. The Morgan fingerprint density at radius 1 is 0.917 bits per heavy atom. The first kappa shape index (κ1) is 15.0. The van der Waals surface area contributed by atoms with E-state index in [1.54, 1.807) is 0 Å². The van der Waals surface area contributed by atoms with Crippen LogP contribution in [0.5, 0.6) is 0 Å². The molecule has 0 spiro atoms. The van der Waals surface area contributed by atoms with Crippen LogP contribution in [-0.2, 0) is 0 Å². The summed E-state index contributed by atoms with van der Waals surface area (Å²) in [5.41, 5.74) is 4.12. The maximum atomic E-state index is 4.70. The van der Waals surface area contributed by atoms with Crippen molar-refractivity contribution in [1.82, 2.24) is 19.9 Å². The van der Waals surface area contributed by atoms with Gasteiger partial charge in [0.15, 0.2) is 0 Å². The third kappa shape index (κ3) is 2.83. The van der Waals surface area contributed by atoms with Crippen molar-refractivity contribution in [2.24, 2.45) is 0 Å². The zero-order valence-corrected chi connectivity index (χ0v) is 14.1. The lowest BCUT2D eigenvalue weighted by atomic mass is 10.0. The van der Waals surface area contributed by atoms with Crippen LogP contribution in [0.3, 0.4) is 0 Å². The molecule has 24 heavy (non-hydrogen) atoms. The Bertz CT molecular complexity index is 851. The summed E-state index contributed by atoms with van der Waals surface area (Å²) in [6.07, 6.45) is 3.83. The molecule has 0 unspecified atom stereocenters. The molecule has 2 aromatic heterocycles. The van der Waals surface area contributed by atoms with Crippen LogP contribution in [0.2, 0.25) is 0 Å². The average molecular weight is 319 g/mol. The van der Waals surface area contributed by atoms with Crippen molar-refractivity contribution in [2.75, 3.05) is 38.1 Å². The summed E-state index contributed by atoms with van der Waals surface area (Å²) in [6.45, 7) is 6.08. The second-order valence-corrected chi connectivity index (χ2v) is 6.39. The first-order chi connectivity index (χ1) is 11.7. The molecule has 0 N–H and O–H groups in total. The molecule has 4 rings (SSSR count). The molecule has 1 aliphatic rings. The minimum Gasteiger partial charge on any atom is -0.338 e. The van der Waals surface area contributed by atoms with E-state index in [2.05, 4.69) is 51.1 Å². The van der Waals surface area contributed by atoms with E-state index in [9.17, 15) is 0 Å². The van der Waals surface area contributed by atoms with Crippen molar-refractivity contribution in [2.45, 2.75) is 6.92 Å². The number of anilines is 1. The maximum absolute atomic E-state index is 4.70. The number of benzene rings is 1. The topological polar surface area (TPSA) is 45.2 Å². The summed E-state index contributed by atoms with van der Waals surface area (Å²) in [7, 11) is 2.15. The van der Waals surface area contributed by atoms with Crippen LogP contribution >= 0.6 is 0 Å². The van der Waals surface area contributed by atoms with Crippen LogP contribution in [0, 0.1) is 6.92 Å². The number of rotatable bonds is 2. The van der Waals surface area contributed by atoms with Crippen LogP contribution in [0.1, 0.15) is 5.69 Å². The van der Waals surface area contributed by atoms with Gasteiger partial charge in [-0.25, -0.2) is 9.97 Å². The first-order valence-corrected chi connectivity index (χ1v) is 8.33. The van der Waals surface area contributed by atoms with Gasteiger partial charge in [0.05, 0.1) is 5.52 Å². The van der Waals surface area contributed by atoms with Gasteiger partial charge in [-0.3, -0.25) is 4.98 Å². The number of aromatic nitrogens is 3. The summed E-state index contributed by atoms with van der Waals surface area (Å²) in [5.74, 6) is 0.816. The van der Waals surface area contributed by atoms with Gasteiger partial charge in [-0.05, 0) is 20.0 Å². The molecule has 0 bridgehead atoms. The van der Waals surface area contributed by atoms with Crippen LogP contribution < -0.4 is 4.90 Å². The van der Waals surface area contributed by atoms with E-state index in [1.807, 2.05) is 25.4 Å². The molecule has 0 radical (unpaired) electrons. The Hall–Kier alpha value is -2.53. The Balaban J connectivity index is 1.67. The van der Waals surface area contributed by atoms with Crippen LogP contribution in [0.15, 0.2) is 42.7 Å². The van der Waals surface area contributed by atoms with Gasteiger partial charge in [0.2, 0.25) is 5.95 Å². The molecule has 3 aromatic rings. The number of para-hydroxylation sites is 1. The highest BCUT2D eigenvalue weighted by Crippen LogP contribution is 2.27. The fraction of sp³-hybridized carbons (Fsp3) is 0.316. The quantitative estimate of drug-likeness (QED) is 0.727. The number of aryl methyl sites for hydroxylation is 1. The SMILES string of the molecule is Cc1ccc2cccc(-c3cnc(N4CCN(C)CC4)nc3)c2n1. The number of likely N-dealkylation sites (N-methyl/N-ethyl adjacent to an activating group) is 1. The van der Waals surface area contributed by atoms with Gasteiger partial charge >= 0.3 is 0 Å². The third-order valence-electron chi connectivity index (χ3n) is 4.59. The van der Waals surface area contributed by atoms with Crippen LogP contribution in [-0.4, -0.2) is 53.1 Å². The molecule has 1 saturated heterocycles. The molecule has 1 aliphatic heterocycles. The minimum absolute atomic E-state index is 0.816. The fourth-order valence-corrected chi connectivity index (χ4v) is 3.11. The van der Waals surface area contributed by atoms with Crippen molar-refractivity contribution in [3.05, 3.63) is 48.4 Å². The lowest BCUT2D eigenvalue weighted by molar-refractivity contribution is 0.311. The van der Waals surface area contributed by atoms with Gasteiger partial charge in [0, 0.05) is 60.8 Å². The summed E-state index contributed by atoms with van der Waals surface area (Å²) in [5, 5.41) is 1.14. The van der Waals surface area contributed by atoms with Crippen molar-refractivity contribution >= 4 is 16.9 Å². The van der Waals surface area contributed by atoms with Gasteiger partial charge in [-0.15, -0.1) is 0 Å². The Morgan fingerprint density at radius 3 is 2.42 bits per heavy atom. The van der Waals surface area contributed by atoms with Crippen LogP contribution in [0.25, 0.3) is 22.0 Å². The number of hydrogen-bond donors (Lipinski definition) is 0. The molecule has 1 fully saturated rings. The van der Waals surface area contributed by atoms with Crippen molar-refractivity contribution in [3.63, 3.8) is 0 Å². The van der Waals surface area contributed by atoms with E-state index in [4.69, 9.17) is 4.98 Å². The molecular formula is C19H21N5. The molecule has 122 valence electrons. The standard InChI is InChI=1S/C19H21N5/c1-14-6-7-15-4-3-5-17(18(15)22-14)16-12-20-19(21-13-16)24-10-8-23(2)9-11-24/h3-7,12-13H,8-11H2,1-2H3. The number of nitrogens with zero attached hydrogens (tertiary/aromatic N) is 5. The summed E-state index contributed by atoms with van der Waals surface area (Å²) in [6, 6.07) is 10.4. The predicted molar refractivity (Wildman–Crippen MR) is 97.2 cm³/mol. The third-order valence-corrected chi connectivity index (χ3v) is 4.59. The van der Waals surface area contributed by atoms with Crippen molar-refractivity contribution in [3.8, 4) is 11.1 Å². The molecule has 5 heteroatoms. The molecule has 0 amide bonds. The average Bonchev–Trinajstić information content (AvgIpc) is 2.62. The Morgan fingerprint density at radius 2 is 1.67 bits per heavy atom. The molecule has 1 aromatic carbocycles. The van der Waals surface area contributed by atoms with Gasteiger partial charge < -0.3 is 9.80 Å². The minimum atomic E-state index is 0.816. The lowest BCUT2D eigenvalue weighted by Gasteiger charge is -2.32. The largest absolute Gasteiger partial charge is 0.338 e. The van der Waals surface area contributed by atoms with E-state index < -0.39 is 0 Å². The normalized spacial score (nSPS) is 15.8. The van der Waals surface area contributed by atoms with Gasteiger partial charge in [-0.2, -0.15) is 0 Å². The summed E-state index contributed by atoms with van der Waals surface area (Å²) in [4.78, 5) is 18.5.